The van der Waals surface area contributed by atoms with Crippen molar-refractivity contribution < 1.29 is 19.7 Å². The highest BCUT2D eigenvalue weighted by Crippen LogP contribution is 2.11. The highest BCUT2D eigenvalue weighted by molar-refractivity contribution is 5.85. The van der Waals surface area contributed by atoms with Crippen LogP contribution in [-0.2, 0) is 11.3 Å². The van der Waals surface area contributed by atoms with E-state index in [-0.39, 0.29) is 18.3 Å². The zero-order valence-electron chi connectivity index (χ0n) is 9.95. The zero-order valence-corrected chi connectivity index (χ0v) is 9.95. The minimum absolute atomic E-state index is 0.0264. The molecule has 0 amide bonds. The van der Waals surface area contributed by atoms with Crippen LogP contribution in [0.1, 0.15) is 16.2 Å². The van der Waals surface area contributed by atoms with Crippen molar-refractivity contribution >= 4 is 5.97 Å². The molecular weight excluding hydrogens is 236 g/mol. The number of pyridine rings is 1. The van der Waals surface area contributed by atoms with Crippen LogP contribution in [0.25, 0.3) is 0 Å². The number of morpholine rings is 1. The minimum Gasteiger partial charge on any atom is -0.477 e. The first-order chi connectivity index (χ1) is 8.70. The lowest BCUT2D eigenvalue weighted by Gasteiger charge is -2.34. The van der Waals surface area contributed by atoms with Gasteiger partial charge in [0.25, 0.3) is 0 Å². The maximum absolute atomic E-state index is 10.8. The number of carboxylic acid groups (broad SMARTS) is 1. The van der Waals surface area contributed by atoms with E-state index >= 15 is 0 Å². The number of aliphatic hydroxyl groups is 1. The molecule has 0 aromatic carbocycles. The highest BCUT2D eigenvalue weighted by Gasteiger charge is 2.22. The summed E-state index contributed by atoms with van der Waals surface area (Å²) in [4.78, 5) is 17.0. The first kappa shape index (κ1) is 12.9. The fraction of sp³-hybridized carbons (Fsp3) is 0.500. The lowest BCUT2D eigenvalue weighted by atomic mass is 10.2. The summed E-state index contributed by atoms with van der Waals surface area (Å²) in [5.74, 6) is -1.03. The lowest BCUT2D eigenvalue weighted by Crippen LogP contribution is -2.47. The summed E-state index contributed by atoms with van der Waals surface area (Å²) in [6.07, 6.45) is 0. The van der Waals surface area contributed by atoms with Gasteiger partial charge in [0, 0.05) is 13.1 Å². The van der Waals surface area contributed by atoms with E-state index in [1.54, 1.807) is 12.1 Å². The molecule has 1 unspecified atom stereocenters. The van der Waals surface area contributed by atoms with Gasteiger partial charge in [-0.25, -0.2) is 9.78 Å². The van der Waals surface area contributed by atoms with Crippen LogP contribution in [0, 0.1) is 0 Å². The van der Waals surface area contributed by atoms with E-state index < -0.39 is 5.97 Å². The van der Waals surface area contributed by atoms with Crippen LogP contribution in [0.2, 0.25) is 0 Å². The van der Waals surface area contributed by atoms with Gasteiger partial charge in [-0.05, 0) is 12.1 Å². The number of carbonyl (C=O) groups is 1. The van der Waals surface area contributed by atoms with Crippen LogP contribution in [0.5, 0.6) is 0 Å². The van der Waals surface area contributed by atoms with Gasteiger partial charge >= 0.3 is 5.97 Å². The molecule has 0 spiro atoms. The van der Waals surface area contributed by atoms with E-state index in [1.807, 2.05) is 0 Å². The number of rotatable bonds is 4. The summed E-state index contributed by atoms with van der Waals surface area (Å²) in [7, 11) is 0. The van der Waals surface area contributed by atoms with Gasteiger partial charge < -0.3 is 14.9 Å². The predicted octanol–water partition coefficient (Wildman–Crippen LogP) is -0.0271. The number of aromatic nitrogens is 1. The van der Waals surface area contributed by atoms with Crippen LogP contribution in [0.15, 0.2) is 18.2 Å². The van der Waals surface area contributed by atoms with Gasteiger partial charge in [0.05, 0.1) is 31.6 Å². The molecule has 6 heteroatoms. The van der Waals surface area contributed by atoms with Gasteiger partial charge in [0.15, 0.2) is 0 Å². The normalized spacial score (nSPS) is 20.8. The number of nitrogens with zero attached hydrogens (tertiary/aromatic N) is 2. The molecule has 6 nitrogen and oxygen atoms in total. The van der Waals surface area contributed by atoms with E-state index in [0.29, 0.717) is 32.0 Å². The van der Waals surface area contributed by atoms with Crippen LogP contribution >= 0.6 is 0 Å². The first-order valence-corrected chi connectivity index (χ1v) is 5.82. The maximum atomic E-state index is 10.8. The van der Waals surface area contributed by atoms with Gasteiger partial charge in [-0.3, -0.25) is 4.90 Å². The quantitative estimate of drug-likeness (QED) is 0.783. The Bertz CT molecular complexity index is 424. The first-order valence-electron chi connectivity index (χ1n) is 5.82. The summed E-state index contributed by atoms with van der Waals surface area (Å²) >= 11 is 0. The summed E-state index contributed by atoms with van der Waals surface area (Å²) in [5.41, 5.74) is 0.733. The third-order valence-corrected chi connectivity index (χ3v) is 2.95. The Labute approximate surface area is 105 Å². The van der Waals surface area contributed by atoms with Crippen molar-refractivity contribution in [2.24, 2.45) is 0 Å². The zero-order chi connectivity index (χ0) is 13.0. The molecule has 1 aliphatic rings. The molecule has 2 heterocycles. The molecule has 1 aromatic heterocycles. The number of hydrogen-bond acceptors (Lipinski definition) is 5. The molecule has 2 rings (SSSR count). The second kappa shape index (κ2) is 5.90. The SMILES string of the molecule is O=C(O)c1cccc(CN2CCOCC2CO)n1. The molecule has 2 N–H and O–H groups in total. The molecule has 0 saturated carbocycles. The van der Waals surface area contributed by atoms with Crippen molar-refractivity contribution in [1.82, 2.24) is 9.88 Å². The molecule has 0 radical (unpaired) electrons. The van der Waals surface area contributed by atoms with E-state index in [2.05, 4.69) is 9.88 Å². The largest absolute Gasteiger partial charge is 0.477 e. The van der Waals surface area contributed by atoms with Crippen molar-refractivity contribution in [3.63, 3.8) is 0 Å². The molecule has 0 bridgehead atoms. The van der Waals surface area contributed by atoms with E-state index in [1.165, 1.54) is 6.07 Å². The Hall–Kier alpha value is -1.50. The van der Waals surface area contributed by atoms with Crippen molar-refractivity contribution in [3.05, 3.63) is 29.6 Å². The van der Waals surface area contributed by atoms with Gasteiger partial charge in [-0.2, -0.15) is 0 Å². The molecule has 1 aliphatic heterocycles. The Morgan fingerprint density at radius 2 is 2.39 bits per heavy atom. The Balaban J connectivity index is 2.07. The molecule has 1 aromatic rings. The van der Waals surface area contributed by atoms with Crippen molar-refractivity contribution in [2.75, 3.05) is 26.4 Å². The summed E-state index contributed by atoms with van der Waals surface area (Å²) in [5, 5.41) is 18.1. The smallest absolute Gasteiger partial charge is 0.354 e. The van der Waals surface area contributed by atoms with Crippen molar-refractivity contribution in [1.29, 1.82) is 0 Å². The van der Waals surface area contributed by atoms with Crippen molar-refractivity contribution in [3.8, 4) is 0 Å². The van der Waals surface area contributed by atoms with Crippen LogP contribution in [0.3, 0.4) is 0 Å². The monoisotopic (exact) mass is 252 g/mol. The third kappa shape index (κ3) is 3.04. The summed E-state index contributed by atoms with van der Waals surface area (Å²) in [6.45, 7) is 2.38. The van der Waals surface area contributed by atoms with Gasteiger partial charge in [-0.15, -0.1) is 0 Å². The summed E-state index contributed by atoms with van der Waals surface area (Å²) in [6, 6.07) is 4.89. The maximum Gasteiger partial charge on any atom is 0.354 e. The Morgan fingerprint density at radius 1 is 1.56 bits per heavy atom. The van der Waals surface area contributed by atoms with Crippen LogP contribution < -0.4 is 0 Å². The molecule has 18 heavy (non-hydrogen) atoms. The Kier molecular flexibility index (Phi) is 4.24. The Morgan fingerprint density at radius 3 is 3.11 bits per heavy atom. The average molecular weight is 252 g/mol. The molecule has 98 valence electrons. The number of aliphatic hydroxyl groups excluding tert-OH is 1. The standard InChI is InChI=1S/C12H16N2O4/c15-7-10-8-18-5-4-14(10)6-9-2-1-3-11(13-9)12(16)17/h1-3,10,15H,4-8H2,(H,16,17). The van der Waals surface area contributed by atoms with E-state index in [9.17, 15) is 9.90 Å². The molecule has 1 atom stereocenters. The van der Waals surface area contributed by atoms with Crippen LogP contribution in [0.4, 0.5) is 0 Å². The molecule has 1 fully saturated rings. The number of hydrogen-bond donors (Lipinski definition) is 2. The number of ether oxygens (including phenoxy) is 1. The number of aromatic carboxylic acids is 1. The van der Waals surface area contributed by atoms with Gasteiger partial charge in [-0.1, -0.05) is 6.07 Å². The van der Waals surface area contributed by atoms with Crippen molar-refractivity contribution in [2.45, 2.75) is 12.6 Å². The van der Waals surface area contributed by atoms with Gasteiger partial charge in [0.2, 0.25) is 0 Å². The average Bonchev–Trinajstić information content (AvgIpc) is 2.39. The second-order valence-electron chi connectivity index (χ2n) is 4.20. The molecule has 1 saturated heterocycles. The van der Waals surface area contributed by atoms with E-state index in [4.69, 9.17) is 9.84 Å². The minimum atomic E-state index is -1.03. The highest BCUT2D eigenvalue weighted by atomic mass is 16.5. The molecular formula is C12H16N2O4. The lowest BCUT2D eigenvalue weighted by molar-refractivity contribution is -0.0317. The predicted molar refractivity (Wildman–Crippen MR) is 63.3 cm³/mol. The number of carboxylic acids is 1. The fourth-order valence-corrected chi connectivity index (χ4v) is 1.96. The van der Waals surface area contributed by atoms with E-state index in [0.717, 1.165) is 0 Å². The fourth-order valence-electron chi connectivity index (χ4n) is 1.96. The topological polar surface area (TPSA) is 82.9 Å². The van der Waals surface area contributed by atoms with Crippen LogP contribution in [-0.4, -0.2) is 58.5 Å². The second-order valence-corrected chi connectivity index (χ2v) is 4.20. The van der Waals surface area contributed by atoms with Gasteiger partial charge in [0.1, 0.15) is 5.69 Å². The molecule has 0 aliphatic carbocycles. The third-order valence-electron chi connectivity index (χ3n) is 2.95. The summed E-state index contributed by atoms with van der Waals surface area (Å²) < 4.78 is 5.29.